The van der Waals surface area contributed by atoms with E-state index < -0.39 is 0 Å². The van der Waals surface area contributed by atoms with E-state index in [2.05, 4.69) is 10.8 Å². The summed E-state index contributed by atoms with van der Waals surface area (Å²) in [7, 11) is 0. The van der Waals surface area contributed by atoms with Gasteiger partial charge in [0.15, 0.2) is 0 Å². The van der Waals surface area contributed by atoms with Gasteiger partial charge in [-0.3, -0.25) is 14.9 Å². The predicted octanol–water partition coefficient (Wildman–Crippen LogP) is 1.06. The topological polar surface area (TPSA) is 70.6 Å². The highest BCUT2D eigenvalue weighted by Crippen LogP contribution is 2.26. The first-order chi connectivity index (χ1) is 9.25. The largest absolute Gasteiger partial charge is 0.508 e. The van der Waals surface area contributed by atoms with Crippen LogP contribution in [0.3, 0.4) is 0 Å². The minimum atomic E-state index is -0.377. The van der Waals surface area contributed by atoms with Gasteiger partial charge in [-0.1, -0.05) is 30.3 Å². The van der Waals surface area contributed by atoms with Crippen molar-refractivity contribution in [2.45, 2.75) is 12.6 Å². The van der Waals surface area contributed by atoms with Crippen LogP contribution in [0.1, 0.15) is 5.56 Å². The fourth-order valence-electron chi connectivity index (χ4n) is 2.23. The van der Waals surface area contributed by atoms with Crippen LogP contribution in [-0.2, 0) is 16.2 Å². The van der Waals surface area contributed by atoms with Gasteiger partial charge in [0.1, 0.15) is 11.8 Å². The molecule has 1 fully saturated rings. The molecule has 1 saturated heterocycles. The number of rotatable bonds is 3. The first-order valence-corrected chi connectivity index (χ1v) is 6.10. The smallest absolute Gasteiger partial charge is 0.263 e. The Bertz CT molecular complexity index is 627. The Morgan fingerprint density at radius 1 is 1.32 bits per heavy atom. The van der Waals surface area contributed by atoms with Gasteiger partial charge >= 0.3 is 0 Å². The SMILES string of the molecule is O=C1NOCC1NCc1c(O)ccc2ccccc12. The number of aromatic hydroxyl groups is 1. The lowest BCUT2D eigenvalue weighted by molar-refractivity contribution is -0.125. The zero-order valence-corrected chi connectivity index (χ0v) is 10.2. The molecule has 5 heteroatoms. The lowest BCUT2D eigenvalue weighted by Gasteiger charge is -2.12. The first kappa shape index (κ1) is 12.0. The number of benzene rings is 2. The molecule has 3 N–H and O–H groups in total. The van der Waals surface area contributed by atoms with E-state index in [4.69, 9.17) is 4.84 Å². The number of phenols is 1. The van der Waals surface area contributed by atoms with E-state index in [9.17, 15) is 9.90 Å². The van der Waals surface area contributed by atoms with Crippen LogP contribution in [0.25, 0.3) is 10.8 Å². The molecule has 0 radical (unpaired) electrons. The molecular weight excluding hydrogens is 244 g/mol. The van der Waals surface area contributed by atoms with Gasteiger partial charge in [0, 0.05) is 12.1 Å². The molecule has 1 heterocycles. The van der Waals surface area contributed by atoms with Gasteiger partial charge in [0.25, 0.3) is 5.91 Å². The number of fused-ring (bicyclic) bond motifs is 1. The Labute approximate surface area is 110 Å². The highest BCUT2D eigenvalue weighted by molar-refractivity contribution is 5.88. The highest BCUT2D eigenvalue weighted by Gasteiger charge is 2.25. The second kappa shape index (κ2) is 4.87. The van der Waals surface area contributed by atoms with Crippen molar-refractivity contribution in [3.63, 3.8) is 0 Å². The number of carbonyl (C=O) groups is 1. The monoisotopic (exact) mass is 258 g/mol. The Kier molecular flexibility index (Phi) is 3.06. The van der Waals surface area contributed by atoms with Crippen molar-refractivity contribution in [2.75, 3.05) is 6.61 Å². The predicted molar refractivity (Wildman–Crippen MR) is 70.3 cm³/mol. The van der Waals surface area contributed by atoms with Crippen LogP contribution >= 0.6 is 0 Å². The van der Waals surface area contributed by atoms with E-state index in [0.29, 0.717) is 13.2 Å². The average Bonchev–Trinajstić information content (AvgIpc) is 2.83. The Morgan fingerprint density at radius 3 is 2.95 bits per heavy atom. The molecule has 1 aliphatic rings. The third-order valence-corrected chi connectivity index (χ3v) is 3.28. The molecule has 0 bridgehead atoms. The molecule has 3 rings (SSSR count). The summed E-state index contributed by atoms with van der Waals surface area (Å²) in [6, 6.07) is 11.0. The first-order valence-electron chi connectivity index (χ1n) is 6.10. The minimum Gasteiger partial charge on any atom is -0.508 e. The van der Waals surface area contributed by atoms with E-state index in [1.807, 2.05) is 30.3 Å². The van der Waals surface area contributed by atoms with E-state index >= 15 is 0 Å². The van der Waals surface area contributed by atoms with Gasteiger partial charge in [-0.05, 0) is 16.8 Å². The third-order valence-electron chi connectivity index (χ3n) is 3.28. The fourth-order valence-corrected chi connectivity index (χ4v) is 2.23. The molecule has 1 aliphatic heterocycles. The summed E-state index contributed by atoms with van der Waals surface area (Å²) < 4.78 is 0. The van der Waals surface area contributed by atoms with Crippen molar-refractivity contribution in [1.29, 1.82) is 0 Å². The van der Waals surface area contributed by atoms with E-state index in [1.54, 1.807) is 6.07 Å². The number of carbonyl (C=O) groups excluding carboxylic acids is 1. The summed E-state index contributed by atoms with van der Waals surface area (Å²) in [6.45, 7) is 0.707. The number of phenolic OH excluding ortho intramolecular Hbond substituents is 1. The van der Waals surface area contributed by atoms with Crippen LogP contribution in [0.2, 0.25) is 0 Å². The van der Waals surface area contributed by atoms with E-state index in [-0.39, 0.29) is 17.7 Å². The molecule has 2 aromatic carbocycles. The molecule has 0 spiro atoms. The van der Waals surface area contributed by atoms with Crippen LogP contribution in [0, 0.1) is 0 Å². The van der Waals surface area contributed by atoms with Crippen molar-refractivity contribution < 1.29 is 14.7 Å². The molecule has 19 heavy (non-hydrogen) atoms. The summed E-state index contributed by atoms with van der Waals surface area (Å²) in [5, 5.41) is 15.1. The summed E-state index contributed by atoms with van der Waals surface area (Å²) in [5.74, 6) is 0.0465. The molecule has 1 amide bonds. The molecule has 0 aromatic heterocycles. The van der Waals surface area contributed by atoms with Crippen LogP contribution in [0.5, 0.6) is 5.75 Å². The Balaban J connectivity index is 1.87. The van der Waals surface area contributed by atoms with Crippen molar-refractivity contribution in [1.82, 2.24) is 10.8 Å². The number of nitrogens with one attached hydrogen (secondary N) is 2. The molecule has 5 nitrogen and oxygen atoms in total. The Hall–Kier alpha value is -2.11. The number of hydrogen-bond acceptors (Lipinski definition) is 4. The highest BCUT2D eigenvalue weighted by atomic mass is 16.7. The van der Waals surface area contributed by atoms with Gasteiger partial charge in [0.2, 0.25) is 0 Å². The van der Waals surface area contributed by atoms with E-state index in [1.165, 1.54) is 0 Å². The fraction of sp³-hybridized carbons (Fsp3) is 0.214. The average molecular weight is 258 g/mol. The normalized spacial score (nSPS) is 18.7. The molecule has 0 aliphatic carbocycles. The molecule has 0 saturated carbocycles. The molecule has 1 unspecified atom stereocenters. The maximum Gasteiger partial charge on any atom is 0.263 e. The molecular formula is C14H14N2O3. The van der Waals surface area contributed by atoms with Crippen LogP contribution in [0.4, 0.5) is 0 Å². The second-order valence-electron chi connectivity index (χ2n) is 4.50. The molecule has 2 aromatic rings. The van der Waals surface area contributed by atoms with E-state index in [0.717, 1.165) is 16.3 Å². The van der Waals surface area contributed by atoms with Gasteiger partial charge in [-0.2, -0.15) is 0 Å². The van der Waals surface area contributed by atoms with Crippen molar-refractivity contribution in [3.05, 3.63) is 42.0 Å². The summed E-state index contributed by atoms with van der Waals surface area (Å²) >= 11 is 0. The number of hydrogen-bond donors (Lipinski definition) is 3. The quantitative estimate of drug-likeness (QED) is 0.770. The minimum absolute atomic E-state index is 0.181. The third kappa shape index (κ3) is 2.25. The van der Waals surface area contributed by atoms with Crippen molar-refractivity contribution in [2.24, 2.45) is 0 Å². The molecule has 98 valence electrons. The van der Waals surface area contributed by atoms with Gasteiger partial charge in [-0.25, -0.2) is 5.48 Å². The maximum atomic E-state index is 11.4. The van der Waals surface area contributed by atoms with Crippen LogP contribution in [-0.4, -0.2) is 23.7 Å². The van der Waals surface area contributed by atoms with Gasteiger partial charge in [-0.15, -0.1) is 0 Å². The Morgan fingerprint density at radius 2 is 2.16 bits per heavy atom. The number of hydroxylamine groups is 1. The second-order valence-corrected chi connectivity index (χ2v) is 4.50. The summed E-state index contributed by atoms with van der Waals surface area (Å²) in [6.07, 6.45) is 0. The van der Waals surface area contributed by atoms with Gasteiger partial charge in [0.05, 0.1) is 6.61 Å². The summed E-state index contributed by atoms with van der Waals surface area (Å²) in [4.78, 5) is 16.2. The molecule has 1 atom stereocenters. The number of amides is 1. The standard InChI is InChI=1S/C14H14N2O3/c17-13-6-5-9-3-1-2-4-10(9)11(13)7-15-12-8-19-16-14(12)18/h1-6,12,15,17H,7-8H2,(H,16,18). The zero-order chi connectivity index (χ0) is 13.2. The van der Waals surface area contributed by atoms with Crippen LogP contribution < -0.4 is 10.8 Å². The van der Waals surface area contributed by atoms with Crippen LogP contribution in [0.15, 0.2) is 36.4 Å². The van der Waals surface area contributed by atoms with Crippen molar-refractivity contribution in [3.8, 4) is 5.75 Å². The maximum absolute atomic E-state index is 11.4. The zero-order valence-electron chi connectivity index (χ0n) is 10.2. The lowest BCUT2D eigenvalue weighted by Crippen LogP contribution is -2.37. The lowest BCUT2D eigenvalue weighted by atomic mass is 10.0. The summed E-state index contributed by atoms with van der Waals surface area (Å²) in [5.41, 5.74) is 3.08. The van der Waals surface area contributed by atoms with Crippen molar-refractivity contribution >= 4 is 16.7 Å². The van der Waals surface area contributed by atoms with Gasteiger partial charge < -0.3 is 5.11 Å².